The number of nitrogens with one attached hydrogen (secondary N) is 2. The van der Waals surface area contributed by atoms with E-state index in [2.05, 4.69) is 20.5 Å². The van der Waals surface area contributed by atoms with Gasteiger partial charge in [-0.3, -0.25) is 4.79 Å². The van der Waals surface area contributed by atoms with Crippen LogP contribution in [0.3, 0.4) is 0 Å². The molecule has 2 N–H and O–H groups in total. The summed E-state index contributed by atoms with van der Waals surface area (Å²) in [5.74, 6) is 2.59. The van der Waals surface area contributed by atoms with Gasteiger partial charge in [-0.15, -0.1) is 10.2 Å². The number of methoxy groups -OCH3 is 2. The van der Waals surface area contributed by atoms with E-state index < -0.39 is 0 Å². The average Bonchev–Trinajstić information content (AvgIpc) is 3.22. The number of anilines is 1. The molecule has 0 spiro atoms. The van der Waals surface area contributed by atoms with Gasteiger partial charge in [0.2, 0.25) is 5.91 Å². The van der Waals surface area contributed by atoms with Gasteiger partial charge < -0.3 is 24.5 Å². The molecule has 0 aliphatic rings. The Hall–Kier alpha value is -3.20. The van der Waals surface area contributed by atoms with Crippen molar-refractivity contribution in [3.8, 4) is 28.6 Å². The highest BCUT2D eigenvalue weighted by atomic mass is 32.2. The molecule has 29 heavy (non-hydrogen) atoms. The highest BCUT2D eigenvalue weighted by Crippen LogP contribution is 2.29. The summed E-state index contributed by atoms with van der Waals surface area (Å²) in [6.45, 7) is 2.56. The van der Waals surface area contributed by atoms with Crippen LogP contribution < -0.4 is 19.5 Å². The van der Waals surface area contributed by atoms with Crippen LogP contribution >= 0.6 is 11.8 Å². The van der Waals surface area contributed by atoms with Gasteiger partial charge in [0.1, 0.15) is 17.2 Å². The van der Waals surface area contributed by atoms with Crippen molar-refractivity contribution in [1.82, 2.24) is 15.2 Å². The lowest BCUT2D eigenvalue weighted by Crippen LogP contribution is -2.15. The molecule has 1 aromatic heterocycles. The predicted octanol–water partition coefficient (Wildman–Crippen LogP) is 3.62. The van der Waals surface area contributed by atoms with E-state index in [9.17, 15) is 4.79 Å². The van der Waals surface area contributed by atoms with Gasteiger partial charge >= 0.3 is 0 Å². The third-order valence-corrected chi connectivity index (χ3v) is 4.79. The van der Waals surface area contributed by atoms with Crippen molar-refractivity contribution in [3.63, 3.8) is 0 Å². The molecule has 0 aliphatic heterocycles. The van der Waals surface area contributed by atoms with Crippen LogP contribution in [0, 0.1) is 0 Å². The molecule has 0 unspecified atom stereocenters. The lowest BCUT2D eigenvalue weighted by molar-refractivity contribution is -0.113. The van der Waals surface area contributed by atoms with Gasteiger partial charge in [-0.1, -0.05) is 11.8 Å². The summed E-state index contributed by atoms with van der Waals surface area (Å²) in [6, 6.07) is 12.8. The number of thioether (sulfide) groups is 1. The van der Waals surface area contributed by atoms with Crippen molar-refractivity contribution < 1.29 is 19.0 Å². The number of ether oxygens (including phenoxy) is 3. The van der Waals surface area contributed by atoms with Crippen LogP contribution in [0.5, 0.6) is 17.2 Å². The second kappa shape index (κ2) is 9.83. The minimum absolute atomic E-state index is 0.165. The van der Waals surface area contributed by atoms with Gasteiger partial charge in [0.05, 0.1) is 32.3 Å². The number of aromatic nitrogens is 3. The Balaban J connectivity index is 1.59. The fourth-order valence-corrected chi connectivity index (χ4v) is 3.16. The van der Waals surface area contributed by atoms with E-state index >= 15 is 0 Å². The van der Waals surface area contributed by atoms with Gasteiger partial charge in [0, 0.05) is 11.6 Å². The molecule has 0 radical (unpaired) electrons. The highest BCUT2D eigenvalue weighted by Gasteiger charge is 2.12. The second-order valence-corrected chi connectivity index (χ2v) is 6.80. The topological polar surface area (TPSA) is 98.4 Å². The normalized spacial score (nSPS) is 10.4. The van der Waals surface area contributed by atoms with Crippen LogP contribution in [0.2, 0.25) is 0 Å². The molecular weight excluding hydrogens is 392 g/mol. The number of hydrogen-bond acceptors (Lipinski definition) is 7. The third kappa shape index (κ3) is 5.41. The highest BCUT2D eigenvalue weighted by molar-refractivity contribution is 7.99. The van der Waals surface area contributed by atoms with Crippen molar-refractivity contribution in [2.45, 2.75) is 12.1 Å². The van der Waals surface area contributed by atoms with Crippen LogP contribution in [0.1, 0.15) is 6.92 Å². The average molecular weight is 414 g/mol. The number of benzene rings is 2. The third-order valence-electron chi connectivity index (χ3n) is 3.93. The summed E-state index contributed by atoms with van der Waals surface area (Å²) in [6.07, 6.45) is 0. The van der Waals surface area contributed by atoms with Crippen molar-refractivity contribution in [2.75, 3.05) is 31.9 Å². The molecule has 0 aliphatic carbocycles. The minimum Gasteiger partial charge on any atom is -0.497 e. The SMILES string of the molecule is CCOc1ccc(-c2nnc(SCC(=O)Nc3cc(OC)ccc3OC)[nH]2)cc1. The molecule has 8 nitrogen and oxygen atoms in total. The number of aromatic amines is 1. The molecule has 3 aromatic rings. The lowest BCUT2D eigenvalue weighted by atomic mass is 10.2. The van der Waals surface area contributed by atoms with E-state index in [1.807, 2.05) is 31.2 Å². The number of carbonyl (C=O) groups is 1. The first-order valence-corrected chi connectivity index (χ1v) is 9.92. The number of H-pyrrole nitrogens is 1. The molecule has 0 bridgehead atoms. The van der Waals surface area contributed by atoms with Gasteiger partial charge in [0.25, 0.3) is 0 Å². The maximum atomic E-state index is 12.3. The Morgan fingerprint density at radius 3 is 2.52 bits per heavy atom. The predicted molar refractivity (Wildman–Crippen MR) is 112 cm³/mol. The standard InChI is InChI=1S/C20H22N4O4S/c1-4-28-14-7-5-13(6-8-14)19-22-20(24-23-19)29-12-18(25)21-16-11-15(26-2)9-10-17(16)27-3/h5-11H,4,12H2,1-3H3,(H,21,25)(H,22,23,24). The number of rotatable bonds is 9. The molecule has 9 heteroatoms. The lowest BCUT2D eigenvalue weighted by Gasteiger charge is -2.11. The van der Waals surface area contributed by atoms with Gasteiger partial charge in [-0.25, -0.2) is 0 Å². The van der Waals surface area contributed by atoms with Crippen LogP contribution in [-0.2, 0) is 4.79 Å². The molecule has 152 valence electrons. The molecule has 0 atom stereocenters. The van der Waals surface area contributed by atoms with Crippen LogP contribution in [-0.4, -0.2) is 47.7 Å². The molecule has 0 saturated heterocycles. The zero-order valence-corrected chi connectivity index (χ0v) is 17.2. The Labute approximate surface area is 173 Å². The minimum atomic E-state index is -0.194. The quantitative estimate of drug-likeness (QED) is 0.516. The molecule has 2 aromatic carbocycles. The fourth-order valence-electron chi connectivity index (χ4n) is 2.55. The van der Waals surface area contributed by atoms with Crippen LogP contribution in [0.15, 0.2) is 47.6 Å². The smallest absolute Gasteiger partial charge is 0.234 e. The Kier molecular flexibility index (Phi) is 6.96. The van der Waals surface area contributed by atoms with Gasteiger partial charge in [-0.2, -0.15) is 0 Å². The van der Waals surface area contributed by atoms with E-state index in [0.29, 0.717) is 34.8 Å². The Morgan fingerprint density at radius 2 is 1.83 bits per heavy atom. The summed E-state index contributed by atoms with van der Waals surface area (Å²) in [5.41, 5.74) is 1.43. The van der Waals surface area contributed by atoms with E-state index in [4.69, 9.17) is 14.2 Å². The molecular formula is C20H22N4O4S. The van der Waals surface area contributed by atoms with E-state index in [1.165, 1.54) is 11.8 Å². The number of nitrogens with zero attached hydrogens (tertiary/aromatic N) is 2. The molecule has 0 fully saturated rings. The summed E-state index contributed by atoms with van der Waals surface area (Å²) < 4.78 is 15.9. The molecule has 1 heterocycles. The van der Waals surface area contributed by atoms with Crippen molar-refractivity contribution in [3.05, 3.63) is 42.5 Å². The van der Waals surface area contributed by atoms with Crippen molar-refractivity contribution >= 4 is 23.4 Å². The van der Waals surface area contributed by atoms with E-state index in [1.54, 1.807) is 32.4 Å². The van der Waals surface area contributed by atoms with Crippen LogP contribution in [0.25, 0.3) is 11.4 Å². The Bertz CT molecular complexity index is 959. The second-order valence-electron chi connectivity index (χ2n) is 5.84. The zero-order chi connectivity index (χ0) is 20.6. The number of hydrogen-bond donors (Lipinski definition) is 2. The summed E-state index contributed by atoms with van der Waals surface area (Å²) in [4.78, 5) is 15.4. The summed E-state index contributed by atoms with van der Waals surface area (Å²) in [7, 11) is 3.11. The maximum Gasteiger partial charge on any atom is 0.234 e. The summed E-state index contributed by atoms with van der Waals surface area (Å²) in [5, 5.41) is 11.6. The zero-order valence-electron chi connectivity index (χ0n) is 16.4. The fraction of sp³-hybridized carbons (Fsp3) is 0.250. The monoisotopic (exact) mass is 414 g/mol. The first kappa shape index (κ1) is 20.5. The number of amides is 1. The largest absolute Gasteiger partial charge is 0.497 e. The first-order chi connectivity index (χ1) is 14.1. The van der Waals surface area contributed by atoms with E-state index in [0.717, 1.165) is 11.3 Å². The Morgan fingerprint density at radius 1 is 1.07 bits per heavy atom. The number of carbonyl (C=O) groups excluding carboxylic acids is 1. The van der Waals surface area contributed by atoms with Gasteiger partial charge in [0.15, 0.2) is 11.0 Å². The van der Waals surface area contributed by atoms with Gasteiger partial charge in [-0.05, 0) is 43.3 Å². The van der Waals surface area contributed by atoms with Crippen LogP contribution in [0.4, 0.5) is 5.69 Å². The van der Waals surface area contributed by atoms with Crippen molar-refractivity contribution in [2.24, 2.45) is 0 Å². The van der Waals surface area contributed by atoms with E-state index in [-0.39, 0.29) is 11.7 Å². The molecule has 3 rings (SSSR count). The molecule has 0 saturated carbocycles. The maximum absolute atomic E-state index is 12.3. The first-order valence-electron chi connectivity index (χ1n) is 8.93. The summed E-state index contributed by atoms with van der Waals surface area (Å²) >= 11 is 1.26. The molecule has 1 amide bonds. The van der Waals surface area contributed by atoms with Crippen molar-refractivity contribution in [1.29, 1.82) is 0 Å².